The summed E-state index contributed by atoms with van der Waals surface area (Å²) in [4.78, 5) is 0. The van der Waals surface area contributed by atoms with Crippen molar-refractivity contribution in [2.24, 2.45) is 0 Å². The maximum Gasteiger partial charge on any atom is 0.137 e. The van der Waals surface area contributed by atoms with E-state index in [-0.39, 0.29) is 10.0 Å². The van der Waals surface area contributed by atoms with Crippen molar-refractivity contribution < 1.29 is 8.78 Å². The van der Waals surface area contributed by atoms with Crippen LogP contribution >= 0.6 is 39.1 Å². The molecule has 0 saturated heterocycles. The Bertz CT molecular complexity index is 629. The molecule has 0 spiro atoms. The van der Waals surface area contributed by atoms with Gasteiger partial charge in [0.2, 0.25) is 0 Å². The molecule has 0 fully saturated rings. The van der Waals surface area contributed by atoms with Gasteiger partial charge >= 0.3 is 0 Å². The first-order valence-electron chi connectivity index (χ1n) is 5.44. The molecule has 2 aromatic rings. The fourth-order valence-electron chi connectivity index (χ4n) is 1.82. The molecule has 19 heavy (non-hydrogen) atoms. The van der Waals surface area contributed by atoms with Crippen LogP contribution in [0.4, 0.5) is 8.78 Å². The summed E-state index contributed by atoms with van der Waals surface area (Å²) in [5, 5.41) is -0.188. The molecular weight excluding hydrogens is 357 g/mol. The Labute approximate surface area is 128 Å². The Hall–Kier alpha value is -0.640. The fourth-order valence-corrected chi connectivity index (χ4v) is 2.78. The molecule has 2 aromatic carbocycles. The zero-order chi connectivity index (χ0) is 14.2. The highest BCUT2D eigenvalue weighted by Crippen LogP contribution is 2.35. The summed E-state index contributed by atoms with van der Waals surface area (Å²) < 4.78 is 27.5. The normalized spacial score (nSPS) is 12.5. The minimum Gasteiger partial charge on any atom is -0.207 e. The van der Waals surface area contributed by atoms with Gasteiger partial charge in [0.05, 0.1) is 9.85 Å². The molecule has 2 rings (SSSR count). The van der Waals surface area contributed by atoms with Gasteiger partial charge in [0.15, 0.2) is 0 Å². The SMILES string of the molecule is Cc1cc(Cl)ccc1C(Cl)c1cc(F)c(Br)cc1F. The summed E-state index contributed by atoms with van der Waals surface area (Å²) in [6, 6.07) is 7.30. The van der Waals surface area contributed by atoms with E-state index in [9.17, 15) is 8.78 Å². The van der Waals surface area contributed by atoms with Crippen LogP contribution in [0, 0.1) is 18.6 Å². The van der Waals surface area contributed by atoms with Crippen LogP contribution in [0.3, 0.4) is 0 Å². The van der Waals surface area contributed by atoms with E-state index in [0.29, 0.717) is 10.6 Å². The molecule has 100 valence electrons. The third-order valence-corrected chi connectivity index (χ3v) is 4.13. The lowest BCUT2D eigenvalue weighted by atomic mass is 9.99. The van der Waals surface area contributed by atoms with E-state index >= 15 is 0 Å². The maximum atomic E-state index is 13.9. The zero-order valence-corrected chi connectivity index (χ0v) is 13.0. The topological polar surface area (TPSA) is 0 Å². The van der Waals surface area contributed by atoms with Crippen LogP contribution in [0.25, 0.3) is 0 Å². The number of hydrogen-bond donors (Lipinski definition) is 0. The van der Waals surface area contributed by atoms with E-state index < -0.39 is 17.0 Å². The number of aryl methyl sites for hydroxylation is 1. The van der Waals surface area contributed by atoms with Crippen LogP contribution in [0.2, 0.25) is 5.02 Å². The molecule has 0 aromatic heterocycles. The van der Waals surface area contributed by atoms with E-state index in [1.165, 1.54) is 0 Å². The molecule has 0 aliphatic heterocycles. The van der Waals surface area contributed by atoms with Crippen LogP contribution in [0.5, 0.6) is 0 Å². The van der Waals surface area contributed by atoms with E-state index in [1.807, 2.05) is 6.92 Å². The quantitative estimate of drug-likeness (QED) is 0.451. The summed E-state index contributed by atoms with van der Waals surface area (Å²) in [5.41, 5.74) is 1.63. The predicted molar refractivity (Wildman–Crippen MR) is 77.9 cm³/mol. The number of hydrogen-bond acceptors (Lipinski definition) is 0. The van der Waals surface area contributed by atoms with Crippen molar-refractivity contribution in [3.63, 3.8) is 0 Å². The van der Waals surface area contributed by atoms with Gasteiger partial charge in [0.25, 0.3) is 0 Å². The van der Waals surface area contributed by atoms with E-state index in [4.69, 9.17) is 23.2 Å². The van der Waals surface area contributed by atoms with Crippen molar-refractivity contribution in [3.8, 4) is 0 Å². The largest absolute Gasteiger partial charge is 0.207 e. The average molecular weight is 366 g/mol. The summed E-state index contributed by atoms with van der Waals surface area (Å²) in [5.74, 6) is -1.10. The highest BCUT2D eigenvalue weighted by atomic mass is 79.9. The number of rotatable bonds is 2. The van der Waals surface area contributed by atoms with Gasteiger partial charge in [-0.3, -0.25) is 0 Å². The van der Waals surface area contributed by atoms with Gasteiger partial charge in [-0.1, -0.05) is 17.7 Å². The second kappa shape index (κ2) is 5.78. The highest BCUT2D eigenvalue weighted by molar-refractivity contribution is 9.10. The Balaban J connectivity index is 2.49. The maximum absolute atomic E-state index is 13.9. The van der Waals surface area contributed by atoms with Crippen LogP contribution in [-0.2, 0) is 0 Å². The average Bonchev–Trinajstić information content (AvgIpc) is 2.33. The minimum atomic E-state index is -0.764. The summed E-state index contributed by atoms with van der Waals surface area (Å²) in [6.45, 7) is 1.82. The molecule has 0 aliphatic carbocycles. The number of alkyl halides is 1. The Morgan fingerprint density at radius 3 is 2.37 bits per heavy atom. The third kappa shape index (κ3) is 3.10. The van der Waals surface area contributed by atoms with Gasteiger partial charge in [-0.05, 0) is 58.2 Å². The smallest absolute Gasteiger partial charge is 0.137 e. The van der Waals surface area contributed by atoms with E-state index in [1.54, 1.807) is 18.2 Å². The van der Waals surface area contributed by atoms with E-state index in [2.05, 4.69) is 15.9 Å². The van der Waals surface area contributed by atoms with Crippen LogP contribution in [0.15, 0.2) is 34.8 Å². The van der Waals surface area contributed by atoms with E-state index in [0.717, 1.165) is 17.7 Å². The first kappa shape index (κ1) is 14.8. The van der Waals surface area contributed by atoms with Gasteiger partial charge < -0.3 is 0 Å². The van der Waals surface area contributed by atoms with Crippen molar-refractivity contribution in [1.29, 1.82) is 0 Å². The van der Waals surface area contributed by atoms with Crippen molar-refractivity contribution in [2.75, 3.05) is 0 Å². The van der Waals surface area contributed by atoms with Gasteiger partial charge in [-0.25, -0.2) is 8.78 Å². The second-order valence-electron chi connectivity index (χ2n) is 4.15. The Kier molecular flexibility index (Phi) is 4.49. The molecule has 0 radical (unpaired) electrons. The van der Waals surface area contributed by atoms with Crippen LogP contribution in [-0.4, -0.2) is 0 Å². The highest BCUT2D eigenvalue weighted by Gasteiger charge is 2.19. The Morgan fingerprint density at radius 2 is 1.74 bits per heavy atom. The minimum absolute atomic E-state index is 0.0745. The predicted octanol–water partition coefficient (Wildman–Crippen LogP) is 6.02. The second-order valence-corrected chi connectivity index (χ2v) is 5.88. The fraction of sp³-hybridized carbons (Fsp3) is 0.143. The molecule has 0 bridgehead atoms. The van der Waals surface area contributed by atoms with Crippen LogP contribution < -0.4 is 0 Å². The molecule has 0 nitrogen and oxygen atoms in total. The molecule has 0 amide bonds. The molecule has 0 saturated carbocycles. The molecule has 1 unspecified atom stereocenters. The van der Waals surface area contributed by atoms with Gasteiger partial charge in [-0.2, -0.15) is 0 Å². The lowest BCUT2D eigenvalue weighted by molar-refractivity contribution is 0.582. The summed E-state index contributed by atoms with van der Waals surface area (Å²) in [7, 11) is 0. The molecular formula is C14H9BrCl2F2. The van der Waals surface area contributed by atoms with Crippen LogP contribution in [0.1, 0.15) is 22.1 Å². The number of benzene rings is 2. The first-order chi connectivity index (χ1) is 8.90. The van der Waals surface area contributed by atoms with Crippen molar-refractivity contribution in [3.05, 3.63) is 68.2 Å². The standard InChI is InChI=1S/C14H9BrCl2F2/c1-7-4-8(16)2-3-9(7)14(17)10-5-13(19)11(15)6-12(10)18/h2-6,14H,1H3. The van der Waals surface area contributed by atoms with Crippen molar-refractivity contribution in [2.45, 2.75) is 12.3 Å². The molecule has 5 heteroatoms. The summed E-state index contributed by atoms with van der Waals surface area (Å²) in [6.07, 6.45) is 0. The molecule has 0 heterocycles. The van der Waals surface area contributed by atoms with Crippen molar-refractivity contribution >= 4 is 39.1 Å². The van der Waals surface area contributed by atoms with Gasteiger partial charge in [-0.15, -0.1) is 11.6 Å². The monoisotopic (exact) mass is 364 g/mol. The Morgan fingerprint density at radius 1 is 1.05 bits per heavy atom. The zero-order valence-electron chi connectivity index (χ0n) is 9.85. The molecule has 1 atom stereocenters. The molecule has 0 N–H and O–H groups in total. The van der Waals surface area contributed by atoms with Gasteiger partial charge in [0.1, 0.15) is 11.6 Å². The number of halogens is 5. The van der Waals surface area contributed by atoms with Crippen molar-refractivity contribution in [1.82, 2.24) is 0 Å². The molecule has 0 aliphatic rings. The van der Waals surface area contributed by atoms with Gasteiger partial charge in [0, 0.05) is 10.6 Å². The lowest BCUT2D eigenvalue weighted by Crippen LogP contribution is -2.01. The lowest BCUT2D eigenvalue weighted by Gasteiger charge is -2.15. The third-order valence-electron chi connectivity index (χ3n) is 2.82. The summed E-state index contributed by atoms with van der Waals surface area (Å²) >= 11 is 15.0. The first-order valence-corrected chi connectivity index (χ1v) is 7.05.